The van der Waals surface area contributed by atoms with Crippen molar-refractivity contribution in [3.63, 3.8) is 0 Å². The van der Waals surface area contributed by atoms with E-state index in [-0.39, 0.29) is 0 Å². The van der Waals surface area contributed by atoms with Crippen LogP contribution in [0.15, 0.2) is 22.7 Å². The molecule has 0 spiro atoms. The van der Waals surface area contributed by atoms with Crippen molar-refractivity contribution in [2.24, 2.45) is 0 Å². The van der Waals surface area contributed by atoms with E-state index in [4.69, 9.17) is 11.6 Å². The summed E-state index contributed by atoms with van der Waals surface area (Å²) < 4.78 is 1.03. The molecule has 1 aromatic carbocycles. The van der Waals surface area contributed by atoms with Gasteiger partial charge in [0.05, 0.1) is 0 Å². The highest BCUT2D eigenvalue weighted by atomic mass is 79.9. The maximum Gasteiger partial charge on any atom is 0.0462 e. The van der Waals surface area contributed by atoms with Crippen molar-refractivity contribution in [1.82, 2.24) is 10.6 Å². The average Bonchev–Trinajstić information content (AvgIpc) is 2.69. The minimum Gasteiger partial charge on any atom is -0.315 e. The van der Waals surface area contributed by atoms with Crippen LogP contribution in [0.2, 0.25) is 5.02 Å². The van der Waals surface area contributed by atoms with Crippen molar-refractivity contribution >= 4 is 27.5 Å². The molecule has 0 aromatic heterocycles. The monoisotopic (exact) mass is 288 g/mol. The summed E-state index contributed by atoms with van der Waals surface area (Å²) in [5.41, 5.74) is 1.16. The Labute approximate surface area is 104 Å². The molecular formula is C11H14BrClN2. The number of hydrogen-bond acceptors (Lipinski definition) is 2. The van der Waals surface area contributed by atoms with Crippen LogP contribution in [0, 0.1) is 0 Å². The zero-order valence-electron chi connectivity index (χ0n) is 8.39. The SMILES string of the molecule is Clc1cc(Br)ccc1CNC1CCNC1. The van der Waals surface area contributed by atoms with Crippen LogP contribution in [-0.2, 0) is 6.54 Å². The van der Waals surface area contributed by atoms with Gasteiger partial charge in [0.25, 0.3) is 0 Å². The molecule has 2 N–H and O–H groups in total. The lowest BCUT2D eigenvalue weighted by atomic mass is 10.2. The number of rotatable bonds is 3. The standard InChI is InChI=1S/C11H14BrClN2/c12-9-2-1-8(11(13)5-9)6-15-10-3-4-14-7-10/h1-2,5,10,14-15H,3-4,6-7H2. The van der Waals surface area contributed by atoms with Gasteiger partial charge in [0.2, 0.25) is 0 Å². The Hall–Kier alpha value is -0.0900. The number of hydrogen-bond donors (Lipinski definition) is 2. The van der Waals surface area contributed by atoms with E-state index in [2.05, 4.69) is 32.6 Å². The van der Waals surface area contributed by atoms with Gasteiger partial charge in [-0.15, -0.1) is 0 Å². The van der Waals surface area contributed by atoms with Gasteiger partial charge in [0, 0.05) is 28.6 Å². The average molecular weight is 290 g/mol. The van der Waals surface area contributed by atoms with Crippen LogP contribution in [0.5, 0.6) is 0 Å². The van der Waals surface area contributed by atoms with Crippen LogP contribution >= 0.6 is 27.5 Å². The first-order chi connectivity index (χ1) is 7.25. The van der Waals surface area contributed by atoms with E-state index in [1.165, 1.54) is 6.42 Å². The molecule has 1 aliphatic heterocycles. The van der Waals surface area contributed by atoms with E-state index in [0.717, 1.165) is 34.7 Å². The third-order valence-electron chi connectivity index (χ3n) is 2.66. The molecule has 1 unspecified atom stereocenters. The maximum absolute atomic E-state index is 6.13. The van der Waals surface area contributed by atoms with E-state index >= 15 is 0 Å². The van der Waals surface area contributed by atoms with Crippen molar-refractivity contribution in [2.45, 2.75) is 19.0 Å². The van der Waals surface area contributed by atoms with Gasteiger partial charge < -0.3 is 10.6 Å². The zero-order chi connectivity index (χ0) is 10.7. The van der Waals surface area contributed by atoms with Crippen molar-refractivity contribution in [1.29, 1.82) is 0 Å². The summed E-state index contributed by atoms with van der Waals surface area (Å²) in [7, 11) is 0. The van der Waals surface area contributed by atoms with Crippen LogP contribution in [0.4, 0.5) is 0 Å². The Morgan fingerprint density at radius 1 is 1.53 bits per heavy atom. The van der Waals surface area contributed by atoms with Gasteiger partial charge in [0.1, 0.15) is 0 Å². The van der Waals surface area contributed by atoms with Crippen LogP contribution in [0.1, 0.15) is 12.0 Å². The Morgan fingerprint density at radius 2 is 2.40 bits per heavy atom. The van der Waals surface area contributed by atoms with Crippen molar-refractivity contribution < 1.29 is 0 Å². The van der Waals surface area contributed by atoms with Crippen LogP contribution in [0.25, 0.3) is 0 Å². The molecule has 1 aliphatic rings. The second-order valence-electron chi connectivity index (χ2n) is 3.81. The lowest BCUT2D eigenvalue weighted by molar-refractivity contribution is 0.547. The Kier molecular flexibility index (Phi) is 4.03. The fourth-order valence-electron chi connectivity index (χ4n) is 1.75. The molecule has 4 heteroatoms. The fraction of sp³-hybridized carbons (Fsp3) is 0.455. The summed E-state index contributed by atoms with van der Waals surface area (Å²) in [5.74, 6) is 0. The molecule has 2 rings (SSSR count). The molecule has 0 aliphatic carbocycles. The van der Waals surface area contributed by atoms with Crippen LogP contribution < -0.4 is 10.6 Å². The first-order valence-corrected chi connectivity index (χ1v) is 6.31. The van der Waals surface area contributed by atoms with Gasteiger partial charge in [-0.1, -0.05) is 33.6 Å². The third kappa shape index (κ3) is 3.18. The van der Waals surface area contributed by atoms with Gasteiger partial charge >= 0.3 is 0 Å². The molecule has 1 aromatic rings. The molecule has 0 bridgehead atoms. The summed E-state index contributed by atoms with van der Waals surface area (Å²) in [4.78, 5) is 0. The van der Waals surface area contributed by atoms with Crippen molar-refractivity contribution in [2.75, 3.05) is 13.1 Å². The van der Waals surface area contributed by atoms with Gasteiger partial charge in [-0.25, -0.2) is 0 Å². The lowest BCUT2D eigenvalue weighted by Gasteiger charge is -2.12. The summed E-state index contributed by atoms with van der Waals surface area (Å²) in [6, 6.07) is 6.60. The smallest absolute Gasteiger partial charge is 0.0462 e. The first kappa shape index (κ1) is 11.4. The maximum atomic E-state index is 6.13. The number of halogens is 2. The van der Waals surface area contributed by atoms with E-state index < -0.39 is 0 Å². The van der Waals surface area contributed by atoms with E-state index in [1.54, 1.807) is 0 Å². The van der Waals surface area contributed by atoms with Gasteiger partial charge in [-0.05, 0) is 30.7 Å². The normalized spacial score (nSPS) is 20.8. The molecule has 0 radical (unpaired) electrons. The van der Waals surface area contributed by atoms with Crippen molar-refractivity contribution in [3.05, 3.63) is 33.3 Å². The first-order valence-electron chi connectivity index (χ1n) is 5.14. The molecule has 1 heterocycles. The topological polar surface area (TPSA) is 24.1 Å². The summed E-state index contributed by atoms with van der Waals surface area (Å²) in [6.45, 7) is 3.03. The van der Waals surface area contributed by atoms with Gasteiger partial charge in [-0.3, -0.25) is 0 Å². The highest BCUT2D eigenvalue weighted by molar-refractivity contribution is 9.10. The third-order valence-corrected chi connectivity index (χ3v) is 3.50. The molecule has 0 amide bonds. The largest absolute Gasteiger partial charge is 0.315 e. The molecular weight excluding hydrogens is 275 g/mol. The minimum absolute atomic E-state index is 0.588. The minimum atomic E-state index is 0.588. The number of nitrogens with one attached hydrogen (secondary N) is 2. The molecule has 1 saturated heterocycles. The Bertz CT molecular complexity index is 337. The quantitative estimate of drug-likeness (QED) is 0.894. The second-order valence-corrected chi connectivity index (χ2v) is 5.13. The van der Waals surface area contributed by atoms with Crippen LogP contribution in [-0.4, -0.2) is 19.1 Å². The predicted molar refractivity (Wildman–Crippen MR) is 67.3 cm³/mol. The fourth-order valence-corrected chi connectivity index (χ4v) is 2.49. The van der Waals surface area contributed by atoms with Crippen LogP contribution in [0.3, 0.4) is 0 Å². The molecule has 82 valence electrons. The summed E-state index contributed by atoms with van der Waals surface area (Å²) in [6.07, 6.45) is 1.20. The number of benzene rings is 1. The highest BCUT2D eigenvalue weighted by Crippen LogP contribution is 2.21. The molecule has 2 nitrogen and oxygen atoms in total. The Morgan fingerprint density at radius 3 is 3.07 bits per heavy atom. The molecule has 0 saturated carbocycles. The highest BCUT2D eigenvalue weighted by Gasteiger charge is 2.13. The second kappa shape index (κ2) is 5.30. The summed E-state index contributed by atoms with van der Waals surface area (Å²) >= 11 is 9.53. The molecule has 1 fully saturated rings. The predicted octanol–water partition coefficient (Wildman–Crippen LogP) is 2.55. The molecule has 15 heavy (non-hydrogen) atoms. The Balaban J connectivity index is 1.92. The summed E-state index contributed by atoms with van der Waals surface area (Å²) in [5, 5.41) is 7.65. The van der Waals surface area contributed by atoms with E-state index in [1.807, 2.05) is 12.1 Å². The lowest BCUT2D eigenvalue weighted by Crippen LogP contribution is -2.30. The van der Waals surface area contributed by atoms with Gasteiger partial charge in [0.15, 0.2) is 0 Å². The van der Waals surface area contributed by atoms with Gasteiger partial charge in [-0.2, -0.15) is 0 Å². The van der Waals surface area contributed by atoms with E-state index in [0.29, 0.717) is 6.04 Å². The van der Waals surface area contributed by atoms with Crippen molar-refractivity contribution in [3.8, 4) is 0 Å². The molecule has 1 atom stereocenters. The van der Waals surface area contributed by atoms with E-state index in [9.17, 15) is 0 Å². The zero-order valence-corrected chi connectivity index (χ0v) is 10.7.